The summed E-state index contributed by atoms with van der Waals surface area (Å²) >= 11 is 0. The SMILES string of the molecule is CC(C)N1CCN(Cc2cnc(NN)cn2)C(=O)C1=O. The minimum Gasteiger partial charge on any atom is -0.330 e. The molecular weight excluding hydrogens is 260 g/mol. The van der Waals surface area contributed by atoms with Crippen molar-refractivity contribution in [3.05, 3.63) is 18.1 Å². The van der Waals surface area contributed by atoms with Crippen LogP contribution in [0.2, 0.25) is 0 Å². The van der Waals surface area contributed by atoms with E-state index in [1.807, 2.05) is 13.8 Å². The first-order chi connectivity index (χ1) is 9.52. The van der Waals surface area contributed by atoms with Crippen LogP contribution in [-0.2, 0) is 16.1 Å². The summed E-state index contributed by atoms with van der Waals surface area (Å²) in [7, 11) is 0. The van der Waals surface area contributed by atoms with Crippen LogP contribution >= 0.6 is 0 Å². The number of nitrogens with one attached hydrogen (secondary N) is 1. The average molecular weight is 278 g/mol. The first-order valence-corrected chi connectivity index (χ1v) is 6.40. The maximum Gasteiger partial charge on any atom is 0.312 e. The van der Waals surface area contributed by atoms with E-state index < -0.39 is 11.8 Å². The molecule has 1 fully saturated rings. The number of nitrogens with two attached hydrogens (primary N) is 1. The third-order valence-electron chi connectivity index (χ3n) is 3.17. The molecule has 3 N–H and O–H groups in total. The molecule has 108 valence electrons. The second kappa shape index (κ2) is 5.83. The number of nitrogens with zero attached hydrogens (tertiary/aromatic N) is 4. The number of hydrogen-bond donors (Lipinski definition) is 2. The van der Waals surface area contributed by atoms with E-state index in [2.05, 4.69) is 15.4 Å². The molecule has 20 heavy (non-hydrogen) atoms. The quantitative estimate of drug-likeness (QED) is 0.430. The lowest BCUT2D eigenvalue weighted by atomic mass is 10.2. The molecule has 1 aliphatic rings. The van der Waals surface area contributed by atoms with Crippen molar-refractivity contribution in [2.45, 2.75) is 26.4 Å². The Morgan fingerprint density at radius 1 is 1.25 bits per heavy atom. The molecule has 1 aliphatic heterocycles. The second-order valence-electron chi connectivity index (χ2n) is 4.86. The summed E-state index contributed by atoms with van der Waals surface area (Å²) in [5.74, 6) is 4.69. The highest BCUT2D eigenvalue weighted by atomic mass is 16.2. The number of aromatic nitrogens is 2. The summed E-state index contributed by atoms with van der Waals surface area (Å²) < 4.78 is 0. The van der Waals surface area contributed by atoms with Gasteiger partial charge in [-0.05, 0) is 13.8 Å². The third-order valence-corrected chi connectivity index (χ3v) is 3.17. The van der Waals surface area contributed by atoms with Crippen molar-refractivity contribution in [1.29, 1.82) is 0 Å². The van der Waals surface area contributed by atoms with Crippen molar-refractivity contribution in [2.24, 2.45) is 5.84 Å². The van der Waals surface area contributed by atoms with Crippen LogP contribution in [0.3, 0.4) is 0 Å². The number of nitrogen functional groups attached to an aromatic ring is 1. The zero-order valence-electron chi connectivity index (χ0n) is 11.5. The first-order valence-electron chi connectivity index (χ1n) is 6.40. The Kier molecular flexibility index (Phi) is 4.14. The van der Waals surface area contributed by atoms with Gasteiger partial charge < -0.3 is 15.2 Å². The van der Waals surface area contributed by atoms with Gasteiger partial charge in [0.2, 0.25) is 0 Å². The number of anilines is 1. The molecule has 0 spiro atoms. The van der Waals surface area contributed by atoms with Crippen molar-refractivity contribution in [2.75, 3.05) is 18.5 Å². The fourth-order valence-corrected chi connectivity index (χ4v) is 2.04. The monoisotopic (exact) mass is 278 g/mol. The molecule has 0 radical (unpaired) electrons. The molecule has 1 saturated heterocycles. The molecule has 0 bridgehead atoms. The van der Waals surface area contributed by atoms with E-state index in [1.54, 1.807) is 4.90 Å². The highest BCUT2D eigenvalue weighted by Gasteiger charge is 2.33. The molecule has 0 aromatic carbocycles. The minimum absolute atomic E-state index is 0.0308. The van der Waals surface area contributed by atoms with Gasteiger partial charge in [0.25, 0.3) is 0 Å². The summed E-state index contributed by atoms with van der Waals surface area (Å²) in [6, 6.07) is 0.0308. The lowest BCUT2D eigenvalue weighted by Crippen LogP contribution is -2.55. The largest absolute Gasteiger partial charge is 0.330 e. The van der Waals surface area contributed by atoms with Crippen LogP contribution in [-0.4, -0.2) is 50.7 Å². The van der Waals surface area contributed by atoms with Crippen LogP contribution in [0, 0.1) is 0 Å². The van der Waals surface area contributed by atoms with Crippen molar-refractivity contribution >= 4 is 17.6 Å². The second-order valence-corrected chi connectivity index (χ2v) is 4.86. The van der Waals surface area contributed by atoms with E-state index in [9.17, 15) is 9.59 Å². The molecule has 0 saturated carbocycles. The predicted octanol–water partition coefficient (Wildman–Crippen LogP) is -0.659. The van der Waals surface area contributed by atoms with E-state index in [0.717, 1.165) is 0 Å². The molecule has 2 rings (SSSR count). The maximum absolute atomic E-state index is 12.0. The van der Waals surface area contributed by atoms with Gasteiger partial charge in [-0.15, -0.1) is 0 Å². The highest BCUT2D eigenvalue weighted by Crippen LogP contribution is 2.11. The van der Waals surface area contributed by atoms with Crippen LogP contribution in [0.25, 0.3) is 0 Å². The van der Waals surface area contributed by atoms with Gasteiger partial charge in [0.1, 0.15) is 0 Å². The van der Waals surface area contributed by atoms with Crippen LogP contribution in [0.5, 0.6) is 0 Å². The zero-order chi connectivity index (χ0) is 14.7. The van der Waals surface area contributed by atoms with Gasteiger partial charge in [-0.25, -0.2) is 10.8 Å². The van der Waals surface area contributed by atoms with Gasteiger partial charge in [0, 0.05) is 19.1 Å². The number of hydrazine groups is 1. The Balaban J connectivity index is 2.03. The summed E-state index contributed by atoms with van der Waals surface area (Å²) in [6.07, 6.45) is 3.01. The standard InChI is InChI=1S/C12H18N6O2/c1-8(2)18-4-3-17(11(19)12(18)20)7-9-5-15-10(16-13)6-14-9/h5-6,8H,3-4,7,13H2,1-2H3,(H,15,16). The van der Waals surface area contributed by atoms with Gasteiger partial charge in [-0.1, -0.05) is 0 Å². The van der Waals surface area contributed by atoms with Crippen molar-refractivity contribution in [1.82, 2.24) is 19.8 Å². The van der Waals surface area contributed by atoms with Gasteiger partial charge in [0.05, 0.1) is 24.6 Å². The molecule has 0 atom stereocenters. The fourth-order valence-electron chi connectivity index (χ4n) is 2.04. The Morgan fingerprint density at radius 3 is 2.55 bits per heavy atom. The molecule has 2 amide bonds. The number of carbonyl (C=O) groups is 2. The Labute approximate surface area is 116 Å². The highest BCUT2D eigenvalue weighted by molar-refractivity contribution is 6.35. The Bertz CT molecular complexity index is 501. The molecule has 0 unspecified atom stereocenters. The zero-order valence-corrected chi connectivity index (χ0v) is 11.5. The van der Waals surface area contributed by atoms with Crippen molar-refractivity contribution in [3.8, 4) is 0 Å². The summed E-state index contributed by atoms with van der Waals surface area (Å²) in [4.78, 5) is 35.2. The fraction of sp³-hybridized carbons (Fsp3) is 0.500. The topological polar surface area (TPSA) is 104 Å². The van der Waals surface area contributed by atoms with E-state index in [4.69, 9.17) is 5.84 Å². The smallest absolute Gasteiger partial charge is 0.312 e. The molecular formula is C12H18N6O2. The van der Waals surface area contributed by atoms with Crippen LogP contribution in [0.4, 0.5) is 5.82 Å². The molecule has 8 heteroatoms. The molecule has 2 heterocycles. The normalized spacial score (nSPS) is 16.0. The number of piperazine rings is 1. The van der Waals surface area contributed by atoms with E-state index in [1.165, 1.54) is 17.3 Å². The molecule has 8 nitrogen and oxygen atoms in total. The number of rotatable bonds is 4. The predicted molar refractivity (Wildman–Crippen MR) is 72.1 cm³/mol. The Morgan fingerprint density at radius 2 is 2.00 bits per heavy atom. The number of hydrogen-bond acceptors (Lipinski definition) is 6. The van der Waals surface area contributed by atoms with E-state index >= 15 is 0 Å². The van der Waals surface area contributed by atoms with Crippen LogP contribution in [0.15, 0.2) is 12.4 Å². The van der Waals surface area contributed by atoms with E-state index in [-0.39, 0.29) is 12.6 Å². The van der Waals surface area contributed by atoms with Crippen molar-refractivity contribution in [3.63, 3.8) is 0 Å². The van der Waals surface area contributed by atoms with E-state index in [0.29, 0.717) is 24.6 Å². The summed E-state index contributed by atoms with van der Waals surface area (Å²) in [5.41, 5.74) is 2.99. The van der Waals surface area contributed by atoms with Gasteiger partial charge >= 0.3 is 11.8 Å². The minimum atomic E-state index is -0.493. The van der Waals surface area contributed by atoms with Crippen LogP contribution in [0.1, 0.15) is 19.5 Å². The molecule has 1 aromatic rings. The lowest BCUT2D eigenvalue weighted by molar-refractivity contribution is -0.157. The number of amides is 2. The van der Waals surface area contributed by atoms with Gasteiger partial charge in [-0.3, -0.25) is 14.6 Å². The van der Waals surface area contributed by atoms with Crippen LogP contribution < -0.4 is 11.3 Å². The van der Waals surface area contributed by atoms with Gasteiger partial charge in [0.15, 0.2) is 5.82 Å². The maximum atomic E-state index is 12.0. The average Bonchev–Trinajstić information content (AvgIpc) is 2.44. The van der Waals surface area contributed by atoms with Gasteiger partial charge in [-0.2, -0.15) is 0 Å². The van der Waals surface area contributed by atoms with Crippen molar-refractivity contribution < 1.29 is 9.59 Å². The first kappa shape index (κ1) is 14.2. The number of carbonyl (C=O) groups excluding carboxylic acids is 2. The summed E-state index contributed by atoms with van der Waals surface area (Å²) in [5, 5.41) is 0. The third kappa shape index (κ3) is 2.85. The molecule has 1 aromatic heterocycles. The molecule has 0 aliphatic carbocycles. The summed E-state index contributed by atoms with van der Waals surface area (Å²) in [6.45, 7) is 5.10. The Hall–Kier alpha value is -2.22. The lowest BCUT2D eigenvalue weighted by Gasteiger charge is -2.35.